The van der Waals surface area contributed by atoms with Gasteiger partial charge in [0, 0.05) is 17.8 Å². The summed E-state index contributed by atoms with van der Waals surface area (Å²) in [5.74, 6) is -0.710. The van der Waals surface area contributed by atoms with Gasteiger partial charge < -0.3 is 20.3 Å². The van der Waals surface area contributed by atoms with Gasteiger partial charge in [-0.15, -0.1) is 11.3 Å². The van der Waals surface area contributed by atoms with Crippen LogP contribution in [0, 0.1) is 0 Å². The molecule has 9 heteroatoms. The molecule has 0 bridgehead atoms. The lowest BCUT2D eigenvalue weighted by molar-refractivity contribution is -0.139. The second kappa shape index (κ2) is 6.66. The topological polar surface area (TPSA) is 117 Å². The molecule has 2 heterocycles. The summed E-state index contributed by atoms with van der Waals surface area (Å²) >= 11 is 1.27. The maximum Gasteiger partial charge on any atom is 0.331 e. The second-order valence-corrected chi connectivity index (χ2v) is 4.75. The highest BCUT2D eigenvalue weighted by Crippen LogP contribution is 2.18. The average Bonchev–Trinajstić information content (AvgIpc) is 3.08. The first-order valence-corrected chi connectivity index (χ1v) is 6.61. The first-order valence-electron chi connectivity index (χ1n) is 5.73. The molecule has 106 valence electrons. The highest BCUT2D eigenvalue weighted by molar-refractivity contribution is 7.10. The molecule has 0 saturated heterocycles. The Morgan fingerprint density at radius 3 is 2.95 bits per heavy atom. The van der Waals surface area contributed by atoms with E-state index in [1.807, 2.05) is 0 Å². The van der Waals surface area contributed by atoms with Gasteiger partial charge in [-0.1, -0.05) is 11.2 Å². The number of amides is 2. The summed E-state index contributed by atoms with van der Waals surface area (Å²) in [5, 5.41) is 19.2. The van der Waals surface area contributed by atoms with Gasteiger partial charge in [0.15, 0.2) is 12.4 Å². The van der Waals surface area contributed by atoms with Crippen molar-refractivity contribution in [3.63, 3.8) is 0 Å². The van der Waals surface area contributed by atoms with Gasteiger partial charge in [0.2, 0.25) is 5.89 Å². The first-order chi connectivity index (χ1) is 9.66. The number of nitrogens with one attached hydrogen (secondary N) is 2. The number of urea groups is 1. The molecule has 0 aliphatic heterocycles. The summed E-state index contributed by atoms with van der Waals surface area (Å²) in [5.41, 5.74) is 0. The SMILES string of the molecule is O=C(NCCc1ncno1)NC(C(=O)O)c1cccs1. The predicted molar refractivity (Wildman–Crippen MR) is 69.2 cm³/mol. The molecule has 0 fully saturated rings. The maximum atomic E-state index is 11.6. The Bertz CT molecular complexity index is 555. The van der Waals surface area contributed by atoms with Crippen LogP contribution in [0.4, 0.5) is 4.79 Å². The molecule has 20 heavy (non-hydrogen) atoms. The van der Waals surface area contributed by atoms with Crippen LogP contribution in [-0.4, -0.2) is 33.8 Å². The monoisotopic (exact) mass is 296 g/mol. The molecule has 0 aliphatic rings. The van der Waals surface area contributed by atoms with Crippen LogP contribution in [0.2, 0.25) is 0 Å². The molecule has 2 rings (SSSR count). The lowest BCUT2D eigenvalue weighted by atomic mass is 10.2. The highest BCUT2D eigenvalue weighted by Gasteiger charge is 2.22. The molecule has 2 aromatic rings. The van der Waals surface area contributed by atoms with Crippen LogP contribution in [0.1, 0.15) is 16.8 Å². The third-order valence-corrected chi connectivity index (χ3v) is 3.32. The van der Waals surface area contributed by atoms with Crippen LogP contribution in [0.3, 0.4) is 0 Å². The molecule has 2 amide bonds. The number of carbonyl (C=O) groups excluding carboxylic acids is 1. The Labute approximate surface area is 117 Å². The van der Waals surface area contributed by atoms with E-state index in [4.69, 9.17) is 9.63 Å². The number of carboxylic acids is 1. The van der Waals surface area contributed by atoms with Crippen molar-refractivity contribution in [2.24, 2.45) is 0 Å². The van der Waals surface area contributed by atoms with Gasteiger partial charge in [0.25, 0.3) is 0 Å². The minimum absolute atomic E-state index is 0.269. The van der Waals surface area contributed by atoms with E-state index in [2.05, 4.69) is 20.8 Å². The van der Waals surface area contributed by atoms with E-state index in [1.54, 1.807) is 17.5 Å². The minimum atomic E-state index is -1.11. The minimum Gasteiger partial charge on any atom is -0.479 e. The molecule has 0 aliphatic carbocycles. The van der Waals surface area contributed by atoms with Crippen molar-refractivity contribution >= 4 is 23.3 Å². The summed E-state index contributed by atoms with van der Waals surface area (Å²) in [6, 6.07) is 1.76. The average molecular weight is 296 g/mol. The zero-order valence-corrected chi connectivity index (χ0v) is 11.1. The van der Waals surface area contributed by atoms with Gasteiger partial charge >= 0.3 is 12.0 Å². The number of rotatable bonds is 6. The van der Waals surface area contributed by atoms with Gasteiger partial charge in [-0.25, -0.2) is 9.59 Å². The second-order valence-electron chi connectivity index (χ2n) is 3.77. The molecule has 3 N–H and O–H groups in total. The number of aromatic nitrogens is 2. The fraction of sp³-hybridized carbons (Fsp3) is 0.273. The van der Waals surface area contributed by atoms with Crippen molar-refractivity contribution in [3.8, 4) is 0 Å². The lowest BCUT2D eigenvalue weighted by Gasteiger charge is -2.13. The first kappa shape index (κ1) is 14.0. The third kappa shape index (κ3) is 3.79. The Hall–Kier alpha value is -2.42. The quantitative estimate of drug-likeness (QED) is 0.725. The number of carboxylic acid groups (broad SMARTS) is 1. The molecule has 0 radical (unpaired) electrons. The van der Waals surface area contributed by atoms with Crippen molar-refractivity contribution in [3.05, 3.63) is 34.6 Å². The largest absolute Gasteiger partial charge is 0.479 e. The Morgan fingerprint density at radius 2 is 2.35 bits per heavy atom. The van der Waals surface area contributed by atoms with E-state index in [0.717, 1.165) is 0 Å². The molecule has 1 atom stereocenters. The van der Waals surface area contributed by atoms with Gasteiger partial charge in [-0.3, -0.25) is 0 Å². The number of carbonyl (C=O) groups is 2. The Balaban J connectivity index is 1.81. The normalized spacial score (nSPS) is 11.8. The van der Waals surface area contributed by atoms with Crippen LogP contribution < -0.4 is 10.6 Å². The molecule has 0 spiro atoms. The summed E-state index contributed by atoms with van der Waals surface area (Å²) in [6.07, 6.45) is 1.65. The molecule has 0 saturated carbocycles. The number of aliphatic carboxylic acids is 1. The Morgan fingerprint density at radius 1 is 1.50 bits per heavy atom. The van der Waals surface area contributed by atoms with Crippen molar-refractivity contribution < 1.29 is 19.2 Å². The standard InChI is InChI=1S/C11H12N4O4S/c16-10(17)9(7-2-1-5-20-7)15-11(18)12-4-3-8-13-6-14-19-8/h1-2,5-6,9H,3-4H2,(H,16,17)(H2,12,15,18). The fourth-order valence-electron chi connectivity index (χ4n) is 1.48. The van der Waals surface area contributed by atoms with Crippen molar-refractivity contribution in [2.45, 2.75) is 12.5 Å². The van der Waals surface area contributed by atoms with E-state index >= 15 is 0 Å². The van der Waals surface area contributed by atoms with Crippen LogP contribution in [-0.2, 0) is 11.2 Å². The molecule has 8 nitrogen and oxygen atoms in total. The molecule has 0 aromatic carbocycles. The number of thiophene rings is 1. The van der Waals surface area contributed by atoms with Crippen LogP contribution in [0.15, 0.2) is 28.4 Å². The summed E-state index contributed by atoms with van der Waals surface area (Å²) in [6.45, 7) is 0.269. The Kier molecular flexibility index (Phi) is 4.66. The molecular weight excluding hydrogens is 284 g/mol. The summed E-state index contributed by atoms with van der Waals surface area (Å²) in [4.78, 5) is 27.1. The molecule has 1 unspecified atom stereocenters. The van der Waals surface area contributed by atoms with Crippen LogP contribution in [0.5, 0.6) is 0 Å². The zero-order chi connectivity index (χ0) is 14.4. The van der Waals surface area contributed by atoms with Gasteiger partial charge in [-0.2, -0.15) is 4.98 Å². The van der Waals surface area contributed by atoms with E-state index in [1.165, 1.54) is 17.7 Å². The number of nitrogens with zero attached hydrogens (tertiary/aromatic N) is 2. The van der Waals surface area contributed by atoms with E-state index < -0.39 is 18.0 Å². The molecule has 2 aromatic heterocycles. The van der Waals surface area contributed by atoms with Gasteiger partial charge in [-0.05, 0) is 11.4 Å². The predicted octanol–water partition coefficient (Wildman–Crippen LogP) is 0.799. The zero-order valence-electron chi connectivity index (χ0n) is 10.3. The van der Waals surface area contributed by atoms with Gasteiger partial charge in [0.1, 0.15) is 0 Å². The number of hydrogen-bond acceptors (Lipinski definition) is 6. The summed E-state index contributed by atoms with van der Waals surface area (Å²) < 4.78 is 4.77. The fourth-order valence-corrected chi connectivity index (χ4v) is 2.25. The van der Waals surface area contributed by atoms with E-state index in [9.17, 15) is 9.59 Å². The summed E-state index contributed by atoms with van der Waals surface area (Å²) in [7, 11) is 0. The maximum absolute atomic E-state index is 11.6. The lowest BCUT2D eigenvalue weighted by Crippen LogP contribution is -2.41. The highest BCUT2D eigenvalue weighted by atomic mass is 32.1. The van der Waals surface area contributed by atoms with Crippen LogP contribution in [0.25, 0.3) is 0 Å². The smallest absolute Gasteiger partial charge is 0.331 e. The third-order valence-electron chi connectivity index (χ3n) is 2.38. The number of hydrogen-bond donors (Lipinski definition) is 3. The van der Waals surface area contributed by atoms with Crippen molar-refractivity contribution in [1.29, 1.82) is 0 Å². The van der Waals surface area contributed by atoms with Crippen molar-refractivity contribution in [2.75, 3.05) is 6.54 Å². The van der Waals surface area contributed by atoms with Gasteiger partial charge in [0.05, 0.1) is 0 Å². The van der Waals surface area contributed by atoms with E-state index in [0.29, 0.717) is 17.2 Å². The van der Waals surface area contributed by atoms with Crippen molar-refractivity contribution in [1.82, 2.24) is 20.8 Å². The molecular formula is C11H12N4O4S. The van der Waals surface area contributed by atoms with E-state index in [-0.39, 0.29) is 6.54 Å². The van der Waals surface area contributed by atoms with Crippen LogP contribution >= 0.6 is 11.3 Å².